The van der Waals surface area contributed by atoms with Gasteiger partial charge in [0.1, 0.15) is 30.4 Å². The number of carbonyl (C=O) groups excluding carboxylic acids is 2. The Morgan fingerprint density at radius 1 is 0.818 bits per heavy atom. The molecule has 0 spiro atoms. The predicted octanol–water partition coefficient (Wildman–Crippen LogP) is 4.96. The van der Waals surface area contributed by atoms with Crippen molar-refractivity contribution in [2.75, 3.05) is 0 Å². The summed E-state index contributed by atoms with van der Waals surface area (Å²) in [5, 5.41) is 0.801. The number of aryl methyl sites for hydroxylation is 1. The van der Waals surface area contributed by atoms with E-state index in [4.69, 9.17) is 14.0 Å². The van der Waals surface area contributed by atoms with Gasteiger partial charge in [0.05, 0.1) is 11.1 Å². The van der Waals surface area contributed by atoms with Gasteiger partial charge >= 0.3 is 0 Å². The lowest BCUT2D eigenvalue weighted by Crippen LogP contribution is -2.29. The first-order valence-corrected chi connectivity index (χ1v) is 10.4. The van der Waals surface area contributed by atoms with E-state index in [0.717, 1.165) is 10.6 Å². The third kappa shape index (κ3) is 4.02. The Morgan fingerprint density at radius 2 is 1.45 bits per heavy atom. The van der Waals surface area contributed by atoms with Crippen LogP contribution in [0.25, 0.3) is 11.5 Å². The number of aromatic nitrogens is 1. The molecule has 0 saturated heterocycles. The van der Waals surface area contributed by atoms with Crippen LogP contribution in [0.15, 0.2) is 83.3 Å². The first-order chi connectivity index (χ1) is 16.1. The van der Waals surface area contributed by atoms with E-state index < -0.39 is 11.8 Å². The number of imide groups is 1. The van der Waals surface area contributed by atoms with Crippen molar-refractivity contribution in [3.05, 3.63) is 107 Å². The van der Waals surface area contributed by atoms with Gasteiger partial charge in [0.15, 0.2) is 0 Å². The van der Waals surface area contributed by atoms with Gasteiger partial charge in [-0.2, -0.15) is 0 Å². The summed E-state index contributed by atoms with van der Waals surface area (Å²) in [6.07, 6.45) is 0. The number of carbonyl (C=O) groups is 2. The summed E-state index contributed by atoms with van der Waals surface area (Å²) < 4.78 is 11.8. The molecular formula is C26H20N2O5. The molecule has 2 heterocycles. The van der Waals surface area contributed by atoms with E-state index in [9.17, 15) is 9.59 Å². The Kier molecular flexibility index (Phi) is 5.46. The first-order valence-electron chi connectivity index (χ1n) is 10.4. The summed E-state index contributed by atoms with van der Waals surface area (Å²) >= 11 is 0. The first kappa shape index (κ1) is 20.7. The number of hydrogen-bond donors (Lipinski definition) is 0. The van der Waals surface area contributed by atoms with E-state index in [1.165, 1.54) is 0 Å². The molecule has 7 heteroatoms. The van der Waals surface area contributed by atoms with Crippen LogP contribution in [0.2, 0.25) is 0 Å². The van der Waals surface area contributed by atoms with Crippen molar-refractivity contribution in [1.29, 1.82) is 0 Å². The van der Waals surface area contributed by atoms with Gasteiger partial charge < -0.3 is 9.15 Å². The van der Waals surface area contributed by atoms with E-state index in [1.54, 1.807) is 30.3 Å². The number of fused-ring (bicyclic) bond motifs is 1. The molecule has 5 rings (SSSR count). The lowest BCUT2D eigenvalue weighted by Gasteiger charge is -2.15. The minimum Gasteiger partial charge on any atom is -0.487 e. The number of amides is 2. The van der Waals surface area contributed by atoms with Crippen molar-refractivity contribution < 1.29 is 23.6 Å². The van der Waals surface area contributed by atoms with Crippen molar-refractivity contribution in [1.82, 2.24) is 10.0 Å². The zero-order chi connectivity index (χ0) is 22.8. The van der Waals surface area contributed by atoms with Crippen LogP contribution in [0.4, 0.5) is 0 Å². The maximum absolute atomic E-state index is 12.5. The van der Waals surface area contributed by atoms with Crippen LogP contribution in [0.1, 0.15) is 37.7 Å². The fourth-order valence-corrected chi connectivity index (χ4v) is 3.59. The second-order valence-electron chi connectivity index (χ2n) is 7.51. The number of para-hydroxylation sites is 1. The third-order valence-electron chi connectivity index (χ3n) is 5.36. The van der Waals surface area contributed by atoms with Crippen LogP contribution >= 0.6 is 0 Å². The summed E-state index contributed by atoms with van der Waals surface area (Å²) in [6, 6.07) is 23.6. The molecule has 1 aliphatic heterocycles. The van der Waals surface area contributed by atoms with Crippen LogP contribution in [-0.2, 0) is 18.1 Å². The van der Waals surface area contributed by atoms with Crippen LogP contribution < -0.4 is 4.74 Å². The van der Waals surface area contributed by atoms with Crippen molar-refractivity contribution in [2.45, 2.75) is 20.1 Å². The van der Waals surface area contributed by atoms with Gasteiger partial charge in [0.25, 0.3) is 11.8 Å². The van der Waals surface area contributed by atoms with Crippen molar-refractivity contribution >= 4 is 11.8 Å². The molecule has 7 nitrogen and oxygen atoms in total. The SMILES string of the molecule is Cc1oc(-c2ccccc2)nc1COc1ccccc1CON1C(=O)c2ccccc2C1=O. The summed E-state index contributed by atoms with van der Waals surface area (Å²) in [4.78, 5) is 35.2. The number of ether oxygens (including phenoxy) is 1. The molecule has 0 aliphatic carbocycles. The second kappa shape index (κ2) is 8.72. The Bertz CT molecular complexity index is 1290. The summed E-state index contributed by atoms with van der Waals surface area (Å²) in [5.74, 6) is 0.835. The molecule has 4 aromatic rings. The lowest BCUT2D eigenvalue weighted by molar-refractivity contribution is -0.101. The topological polar surface area (TPSA) is 81.9 Å². The average Bonchev–Trinajstić information content (AvgIpc) is 3.34. The van der Waals surface area contributed by atoms with Crippen molar-refractivity contribution in [3.63, 3.8) is 0 Å². The Labute approximate surface area is 190 Å². The van der Waals surface area contributed by atoms with E-state index in [0.29, 0.717) is 39.8 Å². The molecule has 2 amide bonds. The van der Waals surface area contributed by atoms with E-state index >= 15 is 0 Å². The van der Waals surface area contributed by atoms with E-state index in [-0.39, 0.29) is 13.2 Å². The van der Waals surface area contributed by atoms with Crippen molar-refractivity contribution in [3.8, 4) is 17.2 Å². The van der Waals surface area contributed by atoms with E-state index in [2.05, 4.69) is 4.98 Å². The number of nitrogens with zero attached hydrogens (tertiary/aromatic N) is 2. The molecule has 164 valence electrons. The minimum absolute atomic E-state index is 0.00525. The fraction of sp³-hybridized carbons (Fsp3) is 0.115. The van der Waals surface area contributed by atoms with Crippen molar-refractivity contribution in [2.24, 2.45) is 0 Å². The Hall–Kier alpha value is -4.23. The normalized spacial score (nSPS) is 12.8. The predicted molar refractivity (Wildman–Crippen MR) is 119 cm³/mol. The van der Waals surface area contributed by atoms with Gasteiger partial charge in [-0.25, -0.2) is 4.98 Å². The molecule has 0 saturated carbocycles. The van der Waals surface area contributed by atoms with Crippen LogP contribution in [0.3, 0.4) is 0 Å². The molecule has 1 aromatic heterocycles. The highest BCUT2D eigenvalue weighted by Crippen LogP contribution is 2.27. The maximum Gasteiger partial charge on any atom is 0.285 e. The molecule has 1 aliphatic rings. The monoisotopic (exact) mass is 440 g/mol. The molecule has 3 aromatic carbocycles. The molecule has 0 fully saturated rings. The zero-order valence-electron chi connectivity index (χ0n) is 17.9. The number of hydroxylamine groups is 2. The molecule has 0 N–H and O–H groups in total. The molecule has 0 atom stereocenters. The Morgan fingerprint density at radius 3 is 2.18 bits per heavy atom. The summed E-state index contributed by atoms with van der Waals surface area (Å²) in [7, 11) is 0. The fourth-order valence-electron chi connectivity index (χ4n) is 3.59. The highest BCUT2D eigenvalue weighted by atomic mass is 16.7. The number of benzene rings is 3. The van der Waals surface area contributed by atoms with Gasteiger partial charge in [-0.15, -0.1) is 5.06 Å². The summed E-state index contributed by atoms with van der Waals surface area (Å²) in [5.41, 5.74) is 2.94. The molecule has 0 unspecified atom stereocenters. The van der Waals surface area contributed by atoms with Gasteiger partial charge in [-0.3, -0.25) is 14.4 Å². The van der Waals surface area contributed by atoms with Gasteiger partial charge in [-0.1, -0.05) is 48.5 Å². The summed E-state index contributed by atoms with van der Waals surface area (Å²) in [6.45, 7) is 2.04. The van der Waals surface area contributed by atoms with Crippen LogP contribution in [0.5, 0.6) is 5.75 Å². The molecule has 33 heavy (non-hydrogen) atoms. The Balaban J connectivity index is 1.27. The smallest absolute Gasteiger partial charge is 0.285 e. The standard InChI is InChI=1S/C26H20N2O5/c1-17-22(27-24(33-17)18-9-3-2-4-10-18)16-31-23-14-8-5-11-19(23)15-32-28-25(29)20-12-6-7-13-21(20)26(28)30/h2-14H,15-16H2,1H3. The highest BCUT2D eigenvalue weighted by Gasteiger charge is 2.36. The zero-order valence-corrected chi connectivity index (χ0v) is 17.9. The third-order valence-corrected chi connectivity index (χ3v) is 5.36. The molecule has 0 bridgehead atoms. The highest BCUT2D eigenvalue weighted by molar-refractivity contribution is 6.20. The maximum atomic E-state index is 12.5. The molecular weight excluding hydrogens is 420 g/mol. The number of hydrogen-bond acceptors (Lipinski definition) is 6. The second-order valence-corrected chi connectivity index (χ2v) is 7.51. The number of oxazole rings is 1. The van der Waals surface area contributed by atoms with Gasteiger partial charge in [0, 0.05) is 11.1 Å². The van der Waals surface area contributed by atoms with Crippen LogP contribution in [-0.4, -0.2) is 21.9 Å². The molecule has 0 radical (unpaired) electrons. The lowest BCUT2D eigenvalue weighted by atomic mass is 10.1. The number of rotatable bonds is 7. The average molecular weight is 440 g/mol. The van der Waals surface area contributed by atoms with E-state index in [1.807, 2.05) is 55.5 Å². The van der Waals surface area contributed by atoms with Gasteiger partial charge in [-0.05, 0) is 37.3 Å². The minimum atomic E-state index is -0.472. The van der Waals surface area contributed by atoms with Crippen LogP contribution in [0, 0.1) is 6.92 Å². The quantitative estimate of drug-likeness (QED) is 0.378. The van der Waals surface area contributed by atoms with Gasteiger partial charge in [0.2, 0.25) is 5.89 Å². The largest absolute Gasteiger partial charge is 0.487 e.